The molecule has 1 aliphatic heterocycles. The highest BCUT2D eigenvalue weighted by Crippen LogP contribution is 2.11. The number of esters is 3. The third-order valence-electron chi connectivity index (χ3n) is 3.27. The number of aliphatic hydroxyl groups is 1. The van der Waals surface area contributed by atoms with Crippen LogP contribution in [0.4, 0.5) is 0 Å². The zero-order chi connectivity index (χ0) is 19.6. The minimum absolute atomic E-state index is 0.0791. The Morgan fingerprint density at radius 1 is 1.04 bits per heavy atom. The Morgan fingerprint density at radius 3 is 2.00 bits per heavy atom. The van der Waals surface area contributed by atoms with Gasteiger partial charge in [0.05, 0.1) is 27.9 Å². The Morgan fingerprint density at radius 2 is 1.62 bits per heavy atom. The summed E-state index contributed by atoms with van der Waals surface area (Å²) in [6.45, 7) is -0.319. The van der Waals surface area contributed by atoms with Gasteiger partial charge in [0.1, 0.15) is 11.4 Å². The summed E-state index contributed by atoms with van der Waals surface area (Å²) in [5.41, 5.74) is -0.936. The normalized spacial score (nSPS) is 17.2. The Kier molecular flexibility index (Phi) is 7.97. The van der Waals surface area contributed by atoms with E-state index in [1.807, 2.05) is 0 Å². The van der Waals surface area contributed by atoms with Crippen LogP contribution in [0.1, 0.15) is 21.0 Å². The van der Waals surface area contributed by atoms with E-state index in [9.17, 15) is 14.4 Å². The van der Waals surface area contributed by atoms with Crippen molar-refractivity contribution >= 4 is 17.9 Å². The van der Waals surface area contributed by atoms with Crippen molar-refractivity contribution in [1.29, 1.82) is 0 Å². The molecule has 1 aromatic heterocycles. The summed E-state index contributed by atoms with van der Waals surface area (Å²) < 4.78 is 13.4. The van der Waals surface area contributed by atoms with Crippen molar-refractivity contribution in [3.05, 3.63) is 54.0 Å². The first-order chi connectivity index (χ1) is 12.4. The highest BCUT2D eigenvalue weighted by atomic mass is 16.5. The average molecular weight is 364 g/mol. The monoisotopic (exact) mass is 364 g/mol. The van der Waals surface area contributed by atoms with E-state index in [1.54, 1.807) is 24.4 Å². The van der Waals surface area contributed by atoms with Crippen molar-refractivity contribution in [1.82, 2.24) is 10.3 Å². The number of nitrogens with zero attached hydrogens (tertiary/aromatic N) is 1. The summed E-state index contributed by atoms with van der Waals surface area (Å²) in [7, 11) is 3.78. The van der Waals surface area contributed by atoms with E-state index in [-0.39, 0.29) is 18.0 Å². The van der Waals surface area contributed by atoms with E-state index >= 15 is 0 Å². The van der Waals surface area contributed by atoms with Crippen LogP contribution in [0, 0.1) is 0 Å². The topological polar surface area (TPSA) is 124 Å². The van der Waals surface area contributed by atoms with E-state index in [0.29, 0.717) is 0 Å². The average Bonchev–Trinajstić information content (AvgIpc) is 2.72. The van der Waals surface area contributed by atoms with Crippen molar-refractivity contribution in [2.75, 3.05) is 27.9 Å². The Hall–Kier alpha value is -3.20. The second kappa shape index (κ2) is 9.94. The quantitative estimate of drug-likeness (QED) is 0.570. The van der Waals surface area contributed by atoms with Gasteiger partial charge >= 0.3 is 17.9 Å². The summed E-state index contributed by atoms with van der Waals surface area (Å²) in [5, 5.41) is 11.7. The molecule has 0 bridgehead atoms. The first kappa shape index (κ1) is 20.8. The molecule has 1 aromatic rings. The molecule has 140 valence electrons. The molecule has 0 saturated heterocycles. The third kappa shape index (κ3) is 5.15. The van der Waals surface area contributed by atoms with Gasteiger partial charge in [-0.25, -0.2) is 19.4 Å². The number of pyridine rings is 1. The lowest BCUT2D eigenvalue weighted by atomic mass is 9.99. The van der Waals surface area contributed by atoms with E-state index < -0.39 is 23.4 Å². The molecule has 9 heteroatoms. The van der Waals surface area contributed by atoms with Crippen LogP contribution in [0.5, 0.6) is 0 Å². The lowest BCUT2D eigenvalue weighted by Crippen LogP contribution is -2.52. The number of hydrogen-bond donors (Lipinski definition) is 2. The minimum Gasteiger partial charge on any atom is -0.467 e. The van der Waals surface area contributed by atoms with Gasteiger partial charge in [-0.1, -0.05) is 12.1 Å². The van der Waals surface area contributed by atoms with Crippen molar-refractivity contribution < 1.29 is 33.7 Å². The number of hydrogen-bond acceptors (Lipinski definition) is 9. The summed E-state index contributed by atoms with van der Waals surface area (Å²) in [4.78, 5) is 37.0. The zero-order valence-electron chi connectivity index (χ0n) is 14.6. The molecule has 0 saturated carbocycles. The molecule has 9 nitrogen and oxygen atoms in total. The fourth-order valence-corrected chi connectivity index (χ4v) is 1.86. The van der Waals surface area contributed by atoms with Gasteiger partial charge in [0.15, 0.2) is 5.54 Å². The number of carbonyl (C=O) groups excluding carboxylic acids is 3. The van der Waals surface area contributed by atoms with Gasteiger partial charge in [0.25, 0.3) is 0 Å². The first-order valence-corrected chi connectivity index (χ1v) is 7.39. The number of aliphatic hydroxyl groups excluding tert-OH is 1. The summed E-state index contributed by atoms with van der Waals surface area (Å²) in [6, 6.07) is 4.45. The van der Waals surface area contributed by atoms with E-state index in [4.69, 9.17) is 5.11 Å². The molecule has 0 spiro atoms. The Bertz CT molecular complexity index is 684. The molecule has 1 aliphatic rings. The molecule has 0 aliphatic carbocycles. The van der Waals surface area contributed by atoms with Crippen molar-refractivity contribution in [2.24, 2.45) is 0 Å². The number of methoxy groups -OCH3 is 3. The van der Waals surface area contributed by atoms with Gasteiger partial charge in [-0.15, -0.1) is 0 Å². The SMILES string of the molecule is COC(=O)C1(CO)C=CC=CN1.COC(=O)c1cccc(C(=O)OC)n1. The second-order valence-corrected chi connectivity index (χ2v) is 4.87. The van der Waals surface area contributed by atoms with Crippen LogP contribution in [0.25, 0.3) is 0 Å². The maximum Gasteiger partial charge on any atom is 0.356 e. The van der Waals surface area contributed by atoms with Crippen LogP contribution < -0.4 is 5.32 Å². The van der Waals surface area contributed by atoms with Crippen LogP contribution in [-0.2, 0) is 19.0 Å². The lowest BCUT2D eigenvalue weighted by molar-refractivity contribution is -0.147. The second-order valence-electron chi connectivity index (χ2n) is 4.87. The highest BCUT2D eigenvalue weighted by molar-refractivity contribution is 5.91. The Balaban J connectivity index is 0.000000263. The molecule has 0 fully saturated rings. The molecule has 2 N–H and O–H groups in total. The predicted molar refractivity (Wildman–Crippen MR) is 90.2 cm³/mol. The van der Waals surface area contributed by atoms with Gasteiger partial charge < -0.3 is 24.6 Å². The maximum atomic E-state index is 11.2. The van der Waals surface area contributed by atoms with Crippen LogP contribution in [0.3, 0.4) is 0 Å². The largest absolute Gasteiger partial charge is 0.467 e. The molecule has 26 heavy (non-hydrogen) atoms. The summed E-state index contributed by atoms with van der Waals surface area (Å²) in [6.07, 6.45) is 6.58. The maximum absolute atomic E-state index is 11.2. The molecule has 0 amide bonds. The first-order valence-electron chi connectivity index (χ1n) is 7.39. The fourth-order valence-electron chi connectivity index (χ4n) is 1.86. The zero-order valence-corrected chi connectivity index (χ0v) is 14.6. The number of rotatable bonds is 4. The van der Waals surface area contributed by atoms with Gasteiger partial charge in [-0.05, 0) is 30.5 Å². The lowest BCUT2D eigenvalue weighted by Gasteiger charge is -2.27. The van der Waals surface area contributed by atoms with E-state index in [2.05, 4.69) is 24.5 Å². The van der Waals surface area contributed by atoms with Crippen LogP contribution >= 0.6 is 0 Å². The number of nitrogens with one attached hydrogen (secondary N) is 1. The molecule has 1 unspecified atom stereocenters. The predicted octanol–water partition coefficient (Wildman–Crippen LogP) is 0.218. The Labute approximate surface area is 150 Å². The van der Waals surface area contributed by atoms with Crippen molar-refractivity contribution in [3.8, 4) is 0 Å². The number of allylic oxidation sites excluding steroid dienone is 2. The number of ether oxygens (including phenoxy) is 3. The number of aromatic nitrogens is 1. The van der Waals surface area contributed by atoms with Crippen LogP contribution in [0.15, 0.2) is 42.6 Å². The third-order valence-corrected chi connectivity index (χ3v) is 3.27. The molecule has 1 atom stereocenters. The van der Waals surface area contributed by atoms with Gasteiger partial charge in [0.2, 0.25) is 0 Å². The molecule has 0 aromatic carbocycles. The molecular weight excluding hydrogens is 344 g/mol. The van der Waals surface area contributed by atoms with Crippen LogP contribution in [0.2, 0.25) is 0 Å². The van der Waals surface area contributed by atoms with Gasteiger partial charge in [-0.3, -0.25) is 0 Å². The van der Waals surface area contributed by atoms with E-state index in [1.165, 1.54) is 39.5 Å². The number of dihydropyridines is 1. The van der Waals surface area contributed by atoms with Gasteiger partial charge in [0, 0.05) is 0 Å². The molecular formula is C17H20N2O7. The van der Waals surface area contributed by atoms with E-state index in [0.717, 1.165) is 0 Å². The summed E-state index contributed by atoms with van der Waals surface area (Å²) in [5.74, 6) is -1.67. The van der Waals surface area contributed by atoms with Crippen molar-refractivity contribution in [3.63, 3.8) is 0 Å². The van der Waals surface area contributed by atoms with Gasteiger partial charge in [-0.2, -0.15) is 0 Å². The fraction of sp³-hybridized carbons (Fsp3) is 0.294. The number of carbonyl (C=O) groups is 3. The smallest absolute Gasteiger partial charge is 0.356 e. The highest BCUT2D eigenvalue weighted by Gasteiger charge is 2.36. The molecule has 2 heterocycles. The minimum atomic E-state index is -1.09. The van der Waals surface area contributed by atoms with Crippen molar-refractivity contribution in [2.45, 2.75) is 5.54 Å². The summed E-state index contributed by atoms with van der Waals surface area (Å²) >= 11 is 0. The van der Waals surface area contributed by atoms with Crippen LogP contribution in [-0.4, -0.2) is 61.5 Å². The molecule has 2 rings (SSSR count). The molecule has 0 radical (unpaired) electrons. The standard InChI is InChI=1S/C9H9NO4.C8H11NO3/c1-13-8(11)6-4-3-5-7(10-6)9(12)14-2;1-12-7(11)8(6-10)4-2-3-5-9-8/h3-5H,1-2H3;2-5,9-10H,6H2,1H3.